The Morgan fingerprint density at radius 3 is 2.00 bits per heavy atom. The number of halogens is 3. The summed E-state index contributed by atoms with van der Waals surface area (Å²) < 4.78 is 1.53. The first-order valence-electron chi connectivity index (χ1n) is 7.50. The Balaban J connectivity index is 0.00000176. The number of fused-ring (bicyclic) bond motifs is 1. The van der Waals surface area contributed by atoms with Crippen LogP contribution in [0.2, 0.25) is 13.1 Å². The normalized spacial score (nSPS) is 15.4. The molecule has 0 aromatic heterocycles. The van der Waals surface area contributed by atoms with Crippen molar-refractivity contribution < 1.29 is 57.7 Å². The third-order valence-electron chi connectivity index (χ3n) is 4.62. The maximum atomic E-state index is 2.52. The van der Waals surface area contributed by atoms with E-state index in [9.17, 15) is 0 Å². The summed E-state index contributed by atoms with van der Waals surface area (Å²) in [7, 11) is -1.59. The maximum absolute atomic E-state index is 2.52. The van der Waals surface area contributed by atoms with Crippen molar-refractivity contribution in [2.24, 2.45) is 0 Å². The van der Waals surface area contributed by atoms with Crippen molar-refractivity contribution in [3.63, 3.8) is 0 Å². The third kappa shape index (κ3) is 4.38. The van der Waals surface area contributed by atoms with Crippen molar-refractivity contribution in [2.45, 2.75) is 32.5 Å². The Bertz CT molecular complexity index is 721. The van der Waals surface area contributed by atoms with Crippen molar-refractivity contribution in [3.8, 4) is 0 Å². The quantitative estimate of drug-likeness (QED) is 0.421. The summed E-state index contributed by atoms with van der Waals surface area (Å²) in [5.41, 5.74) is 6.34. The van der Waals surface area contributed by atoms with Gasteiger partial charge in [-0.1, -0.05) is 0 Å². The first-order valence-corrected chi connectivity index (χ1v) is 11.4. The Labute approximate surface area is 177 Å². The topological polar surface area (TPSA) is 0 Å². The van der Waals surface area contributed by atoms with Crippen molar-refractivity contribution >= 4 is 19.3 Å². The van der Waals surface area contributed by atoms with E-state index in [-0.39, 0.29) is 37.2 Å². The van der Waals surface area contributed by atoms with Crippen LogP contribution in [0.1, 0.15) is 27.8 Å². The second-order valence-electron chi connectivity index (χ2n) is 6.76. The summed E-state index contributed by atoms with van der Waals surface area (Å²) in [5, 5.41) is 1.58. The summed E-state index contributed by atoms with van der Waals surface area (Å²) >= 11 is 2.31. The van der Waals surface area contributed by atoms with E-state index in [1.54, 1.807) is 5.19 Å². The number of aryl methyl sites for hydroxylation is 2. The number of hydrogen-bond acceptors (Lipinski definition) is 0. The fourth-order valence-corrected chi connectivity index (χ4v) is 9.22. The van der Waals surface area contributed by atoms with Crippen molar-refractivity contribution in [3.05, 3.63) is 68.6 Å². The summed E-state index contributed by atoms with van der Waals surface area (Å²) in [6.45, 7) is 9.47. The van der Waals surface area contributed by atoms with E-state index in [4.69, 9.17) is 0 Å². The summed E-state index contributed by atoms with van der Waals surface area (Å²) in [6, 6.07) is 16.0. The number of hydrogen-bond donors (Lipinski definition) is 0. The van der Waals surface area contributed by atoms with Gasteiger partial charge in [0.2, 0.25) is 0 Å². The SMILES string of the molecule is Cc1cc(C)cc([Si](C)(C)C2[C]([Ti+3])=Cc3ccccc32)c1.[Cl-].[Cl-].[Cl-]. The average Bonchev–Trinajstić information content (AvgIpc) is 2.73. The zero-order chi connectivity index (χ0) is 15.2. The first kappa shape index (κ1) is 24.0. The van der Waals surface area contributed by atoms with E-state index in [1.165, 1.54) is 26.1 Å². The molecular formula is C19H21Cl3SiTi. The molecule has 24 heavy (non-hydrogen) atoms. The molecule has 5 heteroatoms. The molecule has 1 aliphatic rings. The monoisotopic (exact) mass is 430 g/mol. The number of allylic oxidation sites excluding steroid dienone is 1. The van der Waals surface area contributed by atoms with Crippen LogP contribution in [0.25, 0.3) is 6.08 Å². The van der Waals surface area contributed by atoms with Crippen LogP contribution in [0.5, 0.6) is 0 Å². The number of rotatable bonds is 2. The fourth-order valence-electron chi connectivity index (χ4n) is 3.61. The van der Waals surface area contributed by atoms with Crippen molar-refractivity contribution in [1.82, 2.24) is 0 Å². The van der Waals surface area contributed by atoms with E-state index in [0.717, 1.165) is 0 Å². The maximum Gasteiger partial charge on any atom is -1.00 e. The minimum Gasteiger partial charge on any atom is -1.00 e. The number of benzene rings is 2. The minimum atomic E-state index is -1.59. The standard InChI is InChI=1S/C19H21Si.3ClH.Ti/c1-14-11-15(2)13-17(12-14)20(3,4)19-10-9-16-7-5-6-8-18(16)19;;;;/h5-9,11-13,19H,1-4H3;3*1H;/q;;;;+3/p-3. The van der Waals surface area contributed by atoms with E-state index >= 15 is 0 Å². The largest absolute Gasteiger partial charge is 1.00 e. The average molecular weight is 432 g/mol. The second kappa shape index (κ2) is 9.07. The van der Waals surface area contributed by atoms with Crippen molar-refractivity contribution in [2.75, 3.05) is 0 Å². The van der Waals surface area contributed by atoms with Crippen LogP contribution in [-0.4, -0.2) is 8.07 Å². The van der Waals surface area contributed by atoms with Crippen LogP contribution in [-0.2, 0) is 20.4 Å². The molecule has 0 N–H and O–H groups in total. The molecule has 1 aliphatic carbocycles. The van der Waals surface area contributed by atoms with Gasteiger partial charge in [0.15, 0.2) is 0 Å². The molecule has 0 aliphatic heterocycles. The molecule has 1 atom stereocenters. The Morgan fingerprint density at radius 1 is 0.875 bits per heavy atom. The zero-order valence-electron chi connectivity index (χ0n) is 14.3. The molecule has 0 nitrogen and oxygen atoms in total. The third-order valence-corrected chi connectivity index (χ3v) is 9.59. The molecule has 2 aromatic rings. The molecule has 126 valence electrons. The fraction of sp³-hybridized carbons (Fsp3) is 0.263. The van der Waals surface area contributed by atoms with Gasteiger partial charge in [-0.15, -0.1) is 0 Å². The van der Waals surface area contributed by atoms with Gasteiger partial charge in [-0.3, -0.25) is 0 Å². The molecule has 3 rings (SSSR count). The smallest absolute Gasteiger partial charge is 1.00 e. The molecule has 0 heterocycles. The van der Waals surface area contributed by atoms with E-state index < -0.39 is 8.07 Å². The Morgan fingerprint density at radius 2 is 1.42 bits per heavy atom. The molecule has 2 aromatic carbocycles. The van der Waals surface area contributed by atoms with E-state index in [0.29, 0.717) is 5.54 Å². The molecule has 0 spiro atoms. The predicted molar refractivity (Wildman–Crippen MR) is 90.2 cm³/mol. The molecule has 1 unspecified atom stereocenters. The van der Waals surface area contributed by atoms with Gasteiger partial charge in [0.25, 0.3) is 0 Å². The van der Waals surface area contributed by atoms with Crippen LogP contribution in [0.15, 0.2) is 46.3 Å². The predicted octanol–water partition coefficient (Wildman–Crippen LogP) is -4.54. The van der Waals surface area contributed by atoms with Gasteiger partial charge in [0.05, 0.1) is 0 Å². The van der Waals surface area contributed by atoms with Gasteiger partial charge < -0.3 is 37.2 Å². The zero-order valence-corrected chi connectivity index (χ0v) is 19.2. The molecular weight excluding hydrogens is 411 g/mol. The molecule has 0 saturated carbocycles. The molecule has 0 bridgehead atoms. The van der Waals surface area contributed by atoms with Gasteiger partial charge >= 0.3 is 141 Å². The van der Waals surface area contributed by atoms with Gasteiger partial charge in [-0.05, 0) is 0 Å². The summed E-state index contributed by atoms with van der Waals surface area (Å²) in [4.78, 5) is 0. The van der Waals surface area contributed by atoms with Gasteiger partial charge in [-0.2, -0.15) is 0 Å². The first-order chi connectivity index (χ1) is 9.89. The van der Waals surface area contributed by atoms with Crippen LogP contribution in [0, 0.1) is 13.8 Å². The van der Waals surface area contributed by atoms with Crippen molar-refractivity contribution in [1.29, 1.82) is 0 Å². The summed E-state index contributed by atoms with van der Waals surface area (Å²) in [5.74, 6) is 0. The minimum absolute atomic E-state index is 0. The van der Waals surface area contributed by atoms with E-state index in [2.05, 4.69) is 95.9 Å². The van der Waals surface area contributed by atoms with Crippen LogP contribution >= 0.6 is 0 Å². The molecule has 0 saturated heterocycles. The molecule has 0 amide bonds. The molecule has 0 radical (unpaired) electrons. The Kier molecular flexibility index (Phi) is 9.07. The molecule has 0 fully saturated rings. The Hall–Kier alpha value is -0.0188. The van der Waals surface area contributed by atoms with Gasteiger partial charge in [0, 0.05) is 0 Å². The summed E-state index contributed by atoms with van der Waals surface area (Å²) in [6.07, 6.45) is 2.39. The van der Waals surface area contributed by atoms with Crippen LogP contribution in [0.4, 0.5) is 0 Å². The van der Waals surface area contributed by atoms with Gasteiger partial charge in [0.1, 0.15) is 0 Å². The van der Waals surface area contributed by atoms with Crippen LogP contribution < -0.4 is 42.4 Å². The van der Waals surface area contributed by atoms with Crippen LogP contribution in [0.3, 0.4) is 0 Å². The van der Waals surface area contributed by atoms with Gasteiger partial charge in [-0.25, -0.2) is 0 Å². The second-order valence-corrected chi connectivity index (χ2v) is 12.3. The van der Waals surface area contributed by atoms with E-state index in [1.807, 2.05) is 0 Å².